The van der Waals surface area contributed by atoms with Gasteiger partial charge in [0.2, 0.25) is 0 Å². The number of nitrogens with zero attached hydrogens (tertiary/aromatic N) is 2. The molecule has 3 nitrogen and oxygen atoms in total. The summed E-state index contributed by atoms with van der Waals surface area (Å²) in [5, 5.41) is 0. The number of halogens is 2. The minimum absolute atomic E-state index is 0.238. The molecule has 0 atom stereocenters. The summed E-state index contributed by atoms with van der Waals surface area (Å²) in [4.78, 5) is 20.4. The van der Waals surface area contributed by atoms with Gasteiger partial charge in [0.05, 0.1) is 16.6 Å². The zero-order valence-electron chi connectivity index (χ0n) is 10.2. The Morgan fingerprint density at radius 1 is 0.950 bits per heavy atom. The van der Waals surface area contributed by atoms with Crippen LogP contribution in [0.3, 0.4) is 0 Å². The first kappa shape index (κ1) is 12.3. The van der Waals surface area contributed by atoms with Gasteiger partial charge < -0.3 is 0 Å². The van der Waals surface area contributed by atoms with Gasteiger partial charge >= 0.3 is 0 Å². The number of carbonyl (C=O) groups is 1. The lowest BCUT2D eigenvalue weighted by Crippen LogP contribution is -2.06. The van der Waals surface area contributed by atoms with Gasteiger partial charge in [0, 0.05) is 18.0 Å². The number of rotatable bonds is 2. The minimum atomic E-state index is -1.14. The van der Waals surface area contributed by atoms with E-state index in [0.717, 1.165) is 6.07 Å². The number of fused-ring (bicyclic) bond motifs is 1. The first-order valence-corrected chi connectivity index (χ1v) is 5.86. The molecular formula is C15H8F2N2O. The summed E-state index contributed by atoms with van der Waals surface area (Å²) in [5.74, 6) is -2.78. The van der Waals surface area contributed by atoms with E-state index in [1.165, 1.54) is 36.7 Å². The third-order valence-corrected chi connectivity index (χ3v) is 2.93. The van der Waals surface area contributed by atoms with Crippen molar-refractivity contribution in [2.45, 2.75) is 0 Å². The number of carbonyl (C=O) groups excluding carboxylic acids is 1. The van der Waals surface area contributed by atoms with Crippen LogP contribution in [0.1, 0.15) is 15.9 Å². The molecule has 0 spiro atoms. The lowest BCUT2D eigenvalue weighted by atomic mass is 10.0. The Morgan fingerprint density at radius 2 is 1.70 bits per heavy atom. The van der Waals surface area contributed by atoms with Crippen LogP contribution >= 0.6 is 0 Å². The molecule has 0 radical (unpaired) electrons. The van der Waals surface area contributed by atoms with Crippen molar-refractivity contribution < 1.29 is 13.6 Å². The maximum atomic E-state index is 13.6. The highest BCUT2D eigenvalue weighted by Gasteiger charge is 2.17. The van der Waals surface area contributed by atoms with Gasteiger partial charge in [0.25, 0.3) is 0 Å². The molecular weight excluding hydrogens is 262 g/mol. The number of hydrogen-bond acceptors (Lipinski definition) is 3. The largest absolute Gasteiger partial charge is 0.288 e. The summed E-state index contributed by atoms with van der Waals surface area (Å²) in [6, 6.07) is 8.16. The van der Waals surface area contributed by atoms with Gasteiger partial charge in [-0.15, -0.1) is 0 Å². The van der Waals surface area contributed by atoms with E-state index in [1.54, 1.807) is 6.07 Å². The van der Waals surface area contributed by atoms with Crippen molar-refractivity contribution in [2.75, 3.05) is 0 Å². The second-order valence-electron chi connectivity index (χ2n) is 4.19. The van der Waals surface area contributed by atoms with Gasteiger partial charge in [-0.3, -0.25) is 14.8 Å². The van der Waals surface area contributed by atoms with E-state index in [1.807, 2.05) is 0 Å². The molecule has 1 aromatic heterocycles. The summed E-state index contributed by atoms with van der Waals surface area (Å²) < 4.78 is 26.8. The van der Waals surface area contributed by atoms with Crippen LogP contribution in [0.15, 0.2) is 48.8 Å². The summed E-state index contributed by atoms with van der Waals surface area (Å²) in [7, 11) is 0. The first-order valence-electron chi connectivity index (χ1n) is 5.86. The molecule has 1 heterocycles. The first-order chi connectivity index (χ1) is 9.66. The molecule has 20 heavy (non-hydrogen) atoms. The SMILES string of the molecule is O=C(c1ccc2nccnc2c1)c1cccc(F)c1F. The molecule has 3 aromatic rings. The average molecular weight is 270 g/mol. The molecule has 5 heteroatoms. The van der Waals surface area contributed by atoms with Crippen LogP contribution in [0.25, 0.3) is 11.0 Å². The Bertz CT molecular complexity index is 818. The van der Waals surface area contributed by atoms with Crippen molar-refractivity contribution >= 4 is 16.8 Å². The monoisotopic (exact) mass is 270 g/mol. The Morgan fingerprint density at radius 3 is 2.50 bits per heavy atom. The second-order valence-corrected chi connectivity index (χ2v) is 4.19. The molecule has 0 saturated carbocycles. The maximum absolute atomic E-state index is 13.6. The molecule has 0 aliphatic heterocycles. The number of ketones is 1. The summed E-state index contributed by atoms with van der Waals surface area (Å²) in [5.41, 5.74) is 1.09. The van der Waals surface area contributed by atoms with Crippen LogP contribution in [0, 0.1) is 11.6 Å². The predicted octanol–water partition coefficient (Wildman–Crippen LogP) is 3.14. The predicted molar refractivity (Wildman–Crippen MR) is 69.3 cm³/mol. The zero-order valence-corrected chi connectivity index (χ0v) is 10.2. The van der Waals surface area contributed by atoms with Crippen LogP contribution in [0.2, 0.25) is 0 Å². The lowest BCUT2D eigenvalue weighted by molar-refractivity contribution is 0.103. The Balaban J connectivity index is 2.10. The molecule has 0 bridgehead atoms. The highest BCUT2D eigenvalue weighted by Crippen LogP contribution is 2.18. The summed E-state index contributed by atoms with van der Waals surface area (Å²) >= 11 is 0. The van der Waals surface area contributed by atoms with E-state index in [9.17, 15) is 13.6 Å². The van der Waals surface area contributed by atoms with Crippen LogP contribution in [0.4, 0.5) is 8.78 Å². The molecule has 2 aromatic carbocycles. The number of aromatic nitrogens is 2. The quantitative estimate of drug-likeness (QED) is 0.672. The van der Waals surface area contributed by atoms with Gasteiger partial charge in [0.1, 0.15) is 0 Å². The van der Waals surface area contributed by atoms with Crippen molar-refractivity contribution in [3.05, 3.63) is 71.6 Å². The molecule has 0 aliphatic rings. The van der Waals surface area contributed by atoms with E-state index in [-0.39, 0.29) is 11.1 Å². The Labute approximate surface area is 112 Å². The fraction of sp³-hybridized carbons (Fsp3) is 0. The van der Waals surface area contributed by atoms with Gasteiger partial charge in [-0.25, -0.2) is 8.78 Å². The average Bonchev–Trinajstić information content (AvgIpc) is 2.49. The highest BCUT2D eigenvalue weighted by molar-refractivity contribution is 6.10. The molecule has 0 unspecified atom stereocenters. The maximum Gasteiger partial charge on any atom is 0.196 e. The molecule has 0 N–H and O–H groups in total. The summed E-state index contributed by atoms with van der Waals surface area (Å²) in [6.07, 6.45) is 3.04. The third-order valence-electron chi connectivity index (χ3n) is 2.93. The minimum Gasteiger partial charge on any atom is -0.288 e. The van der Waals surface area contributed by atoms with E-state index >= 15 is 0 Å². The zero-order chi connectivity index (χ0) is 14.1. The molecule has 3 rings (SSSR count). The fourth-order valence-corrected chi connectivity index (χ4v) is 1.94. The van der Waals surface area contributed by atoms with Crippen molar-refractivity contribution in [1.29, 1.82) is 0 Å². The van der Waals surface area contributed by atoms with Crippen molar-refractivity contribution in [3.8, 4) is 0 Å². The van der Waals surface area contributed by atoms with E-state index in [0.29, 0.717) is 11.0 Å². The van der Waals surface area contributed by atoms with Crippen LogP contribution in [-0.2, 0) is 0 Å². The lowest BCUT2D eigenvalue weighted by Gasteiger charge is -2.04. The van der Waals surface area contributed by atoms with E-state index < -0.39 is 17.4 Å². The van der Waals surface area contributed by atoms with Crippen molar-refractivity contribution in [1.82, 2.24) is 9.97 Å². The van der Waals surface area contributed by atoms with Crippen LogP contribution in [-0.4, -0.2) is 15.8 Å². The van der Waals surface area contributed by atoms with Crippen LogP contribution in [0.5, 0.6) is 0 Å². The van der Waals surface area contributed by atoms with E-state index in [2.05, 4.69) is 9.97 Å². The number of hydrogen-bond donors (Lipinski definition) is 0. The molecule has 0 amide bonds. The van der Waals surface area contributed by atoms with Gasteiger partial charge in [0.15, 0.2) is 17.4 Å². The van der Waals surface area contributed by atoms with Crippen molar-refractivity contribution in [3.63, 3.8) is 0 Å². The standard InChI is InChI=1S/C15H8F2N2O/c16-11-3-1-2-10(14(11)17)15(20)9-4-5-12-13(8-9)19-7-6-18-12/h1-8H. The second kappa shape index (κ2) is 4.77. The normalized spacial score (nSPS) is 10.7. The van der Waals surface area contributed by atoms with Gasteiger partial charge in [-0.05, 0) is 30.3 Å². The molecule has 0 saturated heterocycles. The van der Waals surface area contributed by atoms with Crippen molar-refractivity contribution in [2.24, 2.45) is 0 Å². The fourth-order valence-electron chi connectivity index (χ4n) is 1.94. The molecule has 0 fully saturated rings. The van der Waals surface area contributed by atoms with Gasteiger partial charge in [-0.2, -0.15) is 0 Å². The molecule has 0 aliphatic carbocycles. The smallest absolute Gasteiger partial charge is 0.196 e. The highest BCUT2D eigenvalue weighted by atomic mass is 19.2. The van der Waals surface area contributed by atoms with E-state index in [4.69, 9.17) is 0 Å². The number of benzene rings is 2. The Hall–Kier alpha value is -2.69. The van der Waals surface area contributed by atoms with Crippen LogP contribution < -0.4 is 0 Å². The van der Waals surface area contributed by atoms with Gasteiger partial charge in [-0.1, -0.05) is 6.07 Å². The molecule has 98 valence electrons. The topological polar surface area (TPSA) is 42.9 Å². The summed E-state index contributed by atoms with van der Waals surface area (Å²) in [6.45, 7) is 0. The Kier molecular flexibility index (Phi) is 2.95. The third kappa shape index (κ3) is 2.03.